The van der Waals surface area contributed by atoms with Gasteiger partial charge in [0.05, 0.1) is 19.8 Å². The van der Waals surface area contributed by atoms with Crippen molar-refractivity contribution in [2.45, 2.75) is 39.2 Å². The summed E-state index contributed by atoms with van der Waals surface area (Å²) < 4.78 is 10.9. The van der Waals surface area contributed by atoms with Crippen LogP contribution in [0.15, 0.2) is 18.2 Å². The number of hydrogen-bond donors (Lipinski definition) is 2. The van der Waals surface area contributed by atoms with E-state index in [-0.39, 0.29) is 11.9 Å². The van der Waals surface area contributed by atoms with Gasteiger partial charge in [0, 0.05) is 6.42 Å². The number of nitrogens with one attached hydrogen (secondary N) is 2. The van der Waals surface area contributed by atoms with E-state index in [1.807, 2.05) is 32.0 Å². The van der Waals surface area contributed by atoms with E-state index in [0.717, 1.165) is 30.8 Å². The molecule has 1 aliphatic rings. The lowest BCUT2D eigenvalue weighted by atomic mass is 10.0. The fourth-order valence-electron chi connectivity index (χ4n) is 2.92. The van der Waals surface area contributed by atoms with Gasteiger partial charge in [-0.2, -0.15) is 0 Å². The lowest BCUT2D eigenvalue weighted by Gasteiger charge is -2.17. The minimum Gasteiger partial charge on any atom is -0.493 e. The number of methoxy groups -OCH3 is 1. The third-order valence-corrected chi connectivity index (χ3v) is 4.31. The smallest absolute Gasteiger partial charge is 0.220 e. The third-order valence-electron chi connectivity index (χ3n) is 4.31. The number of ether oxygens (including phenoxy) is 2. The van der Waals surface area contributed by atoms with Crippen molar-refractivity contribution in [2.75, 3.05) is 26.8 Å². The normalized spacial score (nSPS) is 18.5. The summed E-state index contributed by atoms with van der Waals surface area (Å²) in [6.45, 7) is 6.64. The predicted octanol–water partition coefficient (Wildman–Crippen LogP) is 2.66. The lowest BCUT2D eigenvalue weighted by molar-refractivity contribution is -0.122. The van der Waals surface area contributed by atoms with Crippen molar-refractivity contribution in [3.63, 3.8) is 0 Å². The first-order valence-electron chi connectivity index (χ1n) is 8.44. The summed E-state index contributed by atoms with van der Waals surface area (Å²) in [4.78, 5) is 12.1. The topological polar surface area (TPSA) is 59.6 Å². The maximum atomic E-state index is 12.1. The van der Waals surface area contributed by atoms with Crippen molar-refractivity contribution in [1.29, 1.82) is 0 Å². The number of rotatable bonds is 8. The number of carbonyl (C=O) groups is 1. The molecular formula is C18H28N2O3. The highest BCUT2D eigenvalue weighted by atomic mass is 16.5. The minimum atomic E-state index is -0.0474. The first kappa shape index (κ1) is 17.6. The second-order valence-corrected chi connectivity index (χ2v) is 6.03. The summed E-state index contributed by atoms with van der Waals surface area (Å²) in [5.41, 5.74) is 1.01. The molecule has 5 nitrogen and oxygen atoms in total. The Labute approximate surface area is 138 Å². The number of benzene rings is 1. The molecule has 0 aromatic heterocycles. The molecule has 2 rings (SSSR count). The van der Waals surface area contributed by atoms with E-state index in [0.29, 0.717) is 24.7 Å². The molecule has 2 unspecified atom stereocenters. The van der Waals surface area contributed by atoms with Crippen LogP contribution in [-0.4, -0.2) is 32.7 Å². The summed E-state index contributed by atoms with van der Waals surface area (Å²) in [5, 5.41) is 6.40. The molecule has 5 heteroatoms. The highest BCUT2D eigenvalue weighted by molar-refractivity contribution is 5.76. The van der Waals surface area contributed by atoms with E-state index in [2.05, 4.69) is 10.6 Å². The van der Waals surface area contributed by atoms with Crippen LogP contribution in [0.2, 0.25) is 0 Å². The monoisotopic (exact) mass is 320 g/mol. The molecule has 1 saturated heterocycles. The van der Waals surface area contributed by atoms with Crippen LogP contribution in [0.3, 0.4) is 0 Å². The lowest BCUT2D eigenvalue weighted by Crippen LogP contribution is -2.27. The molecule has 0 bridgehead atoms. The van der Waals surface area contributed by atoms with Gasteiger partial charge in [-0.1, -0.05) is 6.07 Å². The van der Waals surface area contributed by atoms with Gasteiger partial charge in [-0.25, -0.2) is 0 Å². The van der Waals surface area contributed by atoms with E-state index in [4.69, 9.17) is 9.47 Å². The average molecular weight is 320 g/mol. The van der Waals surface area contributed by atoms with Crippen LogP contribution >= 0.6 is 0 Å². The van der Waals surface area contributed by atoms with Crippen molar-refractivity contribution >= 4 is 5.91 Å². The Balaban J connectivity index is 1.88. The van der Waals surface area contributed by atoms with E-state index < -0.39 is 0 Å². The summed E-state index contributed by atoms with van der Waals surface area (Å²) in [7, 11) is 1.63. The standard InChI is InChI=1S/C18H28N2O3/c1-4-23-16-7-6-15(11-17(16)22-3)13(2)20-18(21)8-5-14-9-10-19-12-14/h6-7,11,13-14,19H,4-5,8-10,12H2,1-3H3,(H,20,21). The Bertz CT molecular complexity index is 513. The van der Waals surface area contributed by atoms with Crippen molar-refractivity contribution in [3.05, 3.63) is 23.8 Å². The van der Waals surface area contributed by atoms with Gasteiger partial charge in [0.1, 0.15) is 0 Å². The van der Waals surface area contributed by atoms with Gasteiger partial charge >= 0.3 is 0 Å². The van der Waals surface area contributed by atoms with Crippen LogP contribution in [0.25, 0.3) is 0 Å². The zero-order valence-electron chi connectivity index (χ0n) is 14.4. The molecule has 0 saturated carbocycles. The zero-order chi connectivity index (χ0) is 16.7. The van der Waals surface area contributed by atoms with Crippen LogP contribution < -0.4 is 20.1 Å². The second-order valence-electron chi connectivity index (χ2n) is 6.03. The first-order valence-corrected chi connectivity index (χ1v) is 8.44. The van der Waals surface area contributed by atoms with Crippen LogP contribution in [0, 0.1) is 5.92 Å². The Morgan fingerprint density at radius 1 is 1.43 bits per heavy atom. The van der Waals surface area contributed by atoms with Crippen LogP contribution in [-0.2, 0) is 4.79 Å². The highest BCUT2D eigenvalue weighted by Crippen LogP contribution is 2.30. The van der Waals surface area contributed by atoms with E-state index in [9.17, 15) is 4.79 Å². The van der Waals surface area contributed by atoms with Crippen LogP contribution in [0.4, 0.5) is 0 Å². The summed E-state index contributed by atoms with van der Waals surface area (Å²) >= 11 is 0. The van der Waals surface area contributed by atoms with Gasteiger partial charge in [0.25, 0.3) is 0 Å². The molecule has 2 N–H and O–H groups in total. The molecule has 0 spiro atoms. The average Bonchev–Trinajstić information content (AvgIpc) is 3.07. The first-order chi connectivity index (χ1) is 11.1. The summed E-state index contributed by atoms with van der Waals surface area (Å²) in [5.74, 6) is 2.17. The highest BCUT2D eigenvalue weighted by Gasteiger charge is 2.17. The van der Waals surface area contributed by atoms with Crippen molar-refractivity contribution < 1.29 is 14.3 Å². The minimum absolute atomic E-state index is 0.0474. The van der Waals surface area contributed by atoms with Crippen molar-refractivity contribution in [2.24, 2.45) is 5.92 Å². The molecule has 1 heterocycles. The summed E-state index contributed by atoms with van der Waals surface area (Å²) in [6.07, 6.45) is 2.72. The molecule has 2 atom stereocenters. The van der Waals surface area contributed by atoms with Gasteiger partial charge < -0.3 is 20.1 Å². The quantitative estimate of drug-likeness (QED) is 0.773. The number of amides is 1. The van der Waals surface area contributed by atoms with Crippen molar-refractivity contribution in [1.82, 2.24) is 10.6 Å². The Morgan fingerprint density at radius 2 is 2.26 bits per heavy atom. The Morgan fingerprint density at radius 3 is 2.91 bits per heavy atom. The van der Waals surface area contributed by atoms with Gasteiger partial charge in [0.15, 0.2) is 11.5 Å². The molecule has 1 aromatic rings. The number of carbonyl (C=O) groups excluding carboxylic acids is 1. The zero-order valence-corrected chi connectivity index (χ0v) is 14.4. The van der Waals surface area contributed by atoms with Gasteiger partial charge in [-0.15, -0.1) is 0 Å². The molecule has 1 fully saturated rings. The molecule has 1 aliphatic heterocycles. The van der Waals surface area contributed by atoms with Crippen molar-refractivity contribution in [3.8, 4) is 11.5 Å². The fraction of sp³-hybridized carbons (Fsp3) is 0.611. The molecular weight excluding hydrogens is 292 g/mol. The van der Waals surface area contributed by atoms with E-state index >= 15 is 0 Å². The maximum Gasteiger partial charge on any atom is 0.220 e. The fourth-order valence-corrected chi connectivity index (χ4v) is 2.92. The largest absolute Gasteiger partial charge is 0.493 e. The SMILES string of the molecule is CCOc1ccc(C(C)NC(=O)CCC2CCNC2)cc1OC. The van der Waals surface area contributed by atoms with E-state index in [1.54, 1.807) is 7.11 Å². The van der Waals surface area contributed by atoms with E-state index in [1.165, 1.54) is 6.42 Å². The van der Waals surface area contributed by atoms with Gasteiger partial charge in [-0.3, -0.25) is 4.79 Å². The molecule has 1 amide bonds. The van der Waals surface area contributed by atoms with Crippen LogP contribution in [0.5, 0.6) is 11.5 Å². The second kappa shape index (κ2) is 8.77. The Hall–Kier alpha value is -1.75. The molecule has 1 aromatic carbocycles. The van der Waals surface area contributed by atoms with Gasteiger partial charge in [0.2, 0.25) is 5.91 Å². The molecule has 128 valence electrons. The molecule has 0 radical (unpaired) electrons. The van der Waals surface area contributed by atoms with Gasteiger partial charge in [-0.05, 0) is 63.4 Å². The predicted molar refractivity (Wildman–Crippen MR) is 90.9 cm³/mol. The summed E-state index contributed by atoms with van der Waals surface area (Å²) in [6, 6.07) is 5.74. The van der Waals surface area contributed by atoms with Crippen LogP contribution in [0.1, 0.15) is 44.7 Å². The maximum absolute atomic E-state index is 12.1. The molecule has 0 aliphatic carbocycles. The Kier molecular flexibility index (Phi) is 6.71. The molecule has 23 heavy (non-hydrogen) atoms. The third kappa shape index (κ3) is 5.13. The number of hydrogen-bond acceptors (Lipinski definition) is 4.